The van der Waals surface area contributed by atoms with Gasteiger partial charge in [-0.05, 0) is 37.5 Å². The predicted molar refractivity (Wildman–Crippen MR) is 69.9 cm³/mol. The summed E-state index contributed by atoms with van der Waals surface area (Å²) in [6.07, 6.45) is 2.04. The summed E-state index contributed by atoms with van der Waals surface area (Å²) in [5.41, 5.74) is -0.00595. The lowest BCUT2D eigenvalue weighted by molar-refractivity contribution is -0.199. The van der Waals surface area contributed by atoms with Crippen LogP contribution in [0.5, 0.6) is 0 Å². The van der Waals surface area contributed by atoms with E-state index in [9.17, 15) is 9.59 Å². The van der Waals surface area contributed by atoms with Gasteiger partial charge in [0.2, 0.25) is 0 Å². The highest BCUT2D eigenvalue weighted by Gasteiger charge is 2.73. The summed E-state index contributed by atoms with van der Waals surface area (Å²) in [5, 5.41) is 3.54. The Balaban J connectivity index is 1.64. The van der Waals surface area contributed by atoms with Gasteiger partial charge in [-0.25, -0.2) is 0 Å². The average molecular weight is 280 g/mol. The van der Waals surface area contributed by atoms with E-state index in [1.54, 1.807) is 24.3 Å². The molecule has 0 atom stereocenters. The Hall–Kier alpha value is -1.55. The Bertz CT molecular complexity index is 550. The van der Waals surface area contributed by atoms with Gasteiger partial charge >= 0.3 is 5.97 Å². The maximum atomic E-state index is 12.1. The lowest BCUT2D eigenvalue weighted by Gasteiger charge is -2.68. The summed E-state index contributed by atoms with van der Waals surface area (Å²) in [4.78, 5) is 23.6. The fraction of sp³-hybridized carbons (Fsp3) is 0.429. The van der Waals surface area contributed by atoms with Crippen molar-refractivity contribution in [3.8, 4) is 0 Å². The Morgan fingerprint density at radius 1 is 1.32 bits per heavy atom. The number of rotatable bonds is 3. The van der Waals surface area contributed by atoms with Crippen molar-refractivity contribution in [2.45, 2.75) is 24.8 Å². The molecule has 4 rings (SSSR count). The standard InChI is InChI=1S/C14H14ClNO3/c1-19-12(18)13-6-14(7-13,8-13)16-11(17)9-3-2-4-10(15)5-9/h2-5H,6-8H2,1H3,(H,16,17). The normalized spacial score (nSPS) is 30.8. The molecule has 4 nitrogen and oxygen atoms in total. The molecule has 0 heterocycles. The minimum Gasteiger partial charge on any atom is -0.469 e. The number of esters is 1. The summed E-state index contributed by atoms with van der Waals surface area (Å²) in [7, 11) is 1.40. The Labute approximate surface area is 116 Å². The van der Waals surface area contributed by atoms with Crippen molar-refractivity contribution < 1.29 is 14.3 Å². The van der Waals surface area contributed by atoms with Gasteiger partial charge in [0.15, 0.2) is 0 Å². The zero-order chi connectivity index (χ0) is 13.7. The summed E-state index contributed by atoms with van der Waals surface area (Å²) in [6.45, 7) is 0. The smallest absolute Gasteiger partial charge is 0.312 e. The van der Waals surface area contributed by atoms with Crippen LogP contribution >= 0.6 is 11.6 Å². The third kappa shape index (κ3) is 1.82. The zero-order valence-corrected chi connectivity index (χ0v) is 11.3. The van der Waals surface area contributed by atoms with Crippen molar-refractivity contribution >= 4 is 23.5 Å². The minimum atomic E-state index is -0.337. The van der Waals surface area contributed by atoms with Crippen LogP contribution in [0.2, 0.25) is 5.02 Å². The van der Waals surface area contributed by atoms with E-state index in [1.807, 2.05) is 0 Å². The van der Waals surface area contributed by atoms with Gasteiger partial charge in [-0.3, -0.25) is 9.59 Å². The highest BCUT2D eigenvalue weighted by atomic mass is 35.5. The third-order valence-electron chi connectivity index (χ3n) is 4.11. The van der Waals surface area contributed by atoms with Crippen molar-refractivity contribution in [2.24, 2.45) is 5.41 Å². The number of carbonyl (C=O) groups is 2. The highest BCUT2D eigenvalue weighted by molar-refractivity contribution is 6.30. The van der Waals surface area contributed by atoms with Gasteiger partial charge in [0.25, 0.3) is 5.91 Å². The Morgan fingerprint density at radius 3 is 2.58 bits per heavy atom. The summed E-state index contributed by atoms with van der Waals surface area (Å²) >= 11 is 5.86. The van der Waals surface area contributed by atoms with Crippen LogP contribution in [-0.4, -0.2) is 24.5 Å². The first kappa shape index (κ1) is 12.5. The molecule has 3 aliphatic carbocycles. The average Bonchev–Trinajstić information content (AvgIpc) is 2.30. The van der Waals surface area contributed by atoms with Gasteiger partial charge in [-0.1, -0.05) is 17.7 Å². The van der Waals surface area contributed by atoms with Crippen molar-refractivity contribution in [2.75, 3.05) is 7.11 Å². The van der Waals surface area contributed by atoms with Gasteiger partial charge in [-0.15, -0.1) is 0 Å². The first-order valence-electron chi connectivity index (χ1n) is 6.15. The number of ether oxygens (including phenoxy) is 1. The first-order chi connectivity index (χ1) is 8.99. The molecule has 3 aliphatic rings. The lowest BCUT2D eigenvalue weighted by Crippen LogP contribution is -2.77. The molecule has 1 N–H and O–H groups in total. The van der Waals surface area contributed by atoms with E-state index in [0.717, 1.165) is 0 Å². The molecule has 1 aromatic carbocycles. The van der Waals surface area contributed by atoms with E-state index in [4.69, 9.17) is 16.3 Å². The van der Waals surface area contributed by atoms with Crippen LogP contribution < -0.4 is 5.32 Å². The number of halogens is 1. The van der Waals surface area contributed by atoms with Crippen LogP contribution in [0.25, 0.3) is 0 Å². The molecular weight excluding hydrogens is 266 g/mol. The quantitative estimate of drug-likeness (QED) is 0.863. The highest BCUT2D eigenvalue weighted by Crippen LogP contribution is 2.67. The molecule has 2 bridgehead atoms. The molecule has 5 heteroatoms. The molecule has 3 saturated carbocycles. The molecular formula is C14H14ClNO3. The molecule has 1 aromatic rings. The number of hydrogen-bond donors (Lipinski definition) is 1. The largest absolute Gasteiger partial charge is 0.469 e. The number of amides is 1. The molecule has 0 saturated heterocycles. The van der Waals surface area contributed by atoms with Gasteiger partial charge < -0.3 is 10.1 Å². The van der Waals surface area contributed by atoms with E-state index in [2.05, 4.69) is 5.32 Å². The number of methoxy groups -OCH3 is 1. The van der Waals surface area contributed by atoms with Crippen molar-refractivity contribution in [3.05, 3.63) is 34.9 Å². The van der Waals surface area contributed by atoms with E-state index in [1.165, 1.54) is 7.11 Å². The van der Waals surface area contributed by atoms with Gasteiger partial charge in [-0.2, -0.15) is 0 Å². The molecule has 100 valence electrons. The van der Waals surface area contributed by atoms with Crippen LogP contribution in [0.15, 0.2) is 24.3 Å². The predicted octanol–water partition coefficient (Wildman–Crippen LogP) is 2.17. The van der Waals surface area contributed by atoms with Crippen LogP contribution in [0.3, 0.4) is 0 Å². The number of hydrogen-bond acceptors (Lipinski definition) is 3. The number of nitrogens with one attached hydrogen (secondary N) is 1. The van der Waals surface area contributed by atoms with E-state index in [0.29, 0.717) is 29.8 Å². The number of benzene rings is 1. The first-order valence-corrected chi connectivity index (χ1v) is 6.53. The summed E-state index contributed by atoms with van der Waals surface area (Å²) in [6, 6.07) is 6.84. The van der Waals surface area contributed by atoms with Crippen LogP contribution in [0.1, 0.15) is 29.6 Å². The van der Waals surface area contributed by atoms with Gasteiger partial charge in [0.1, 0.15) is 0 Å². The third-order valence-corrected chi connectivity index (χ3v) is 4.35. The Morgan fingerprint density at radius 2 is 2.00 bits per heavy atom. The molecule has 0 aliphatic heterocycles. The van der Waals surface area contributed by atoms with Crippen molar-refractivity contribution in [1.82, 2.24) is 5.32 Å². The van der Waals surface area contributed by atoms with E-state index < -0.39 is 0 Å². The second kappa shape index (κ2) is 3.97. The van der Waals surface area contributed by atoms with Gasteiger partial charge in [0.05, 0.1) is 12.5 Å². The summed E-state index contributed by atoms with van der Waals surface area (Å²) < 4.78 is 4.78. The lowest BCUT2D eigenvalue weighted by atomic mass is 9.39. The minimum absolute atomic E-state index is 0.138. The SMILES string of the molecule is COC(=O)C12CC(NC(=O)c3cccc(Cl)c3)(C1)C2. The van der Waals surface area contributed by atoms with E-state index >= 15 is 0 Å². The maximum Gasteiger partial charge on any atom is 0.312 e. The molecule has 0 spiro atoms. The molecule has 0 radical (unpaired) electrons. The zero-order valence-electron chi connectivity index (χ0n) is 10.5. The summed E-state index contributed by atoms with van der Waals surface area (Å²) in [5.74, 6) is -0.299. The topological polar surface area (TPSA) is 55.4 Å². The molecule has 1 amide bonds. The maximum absolute atomic E-state index is 12.1. The monoisotopic (exact) mass is 279 g/mol. The fourth-order valence-electron chi connectivity index (χ4n) is 3.30. The molecule has 0 aromatic heterocycles. The van der Waals surface area contributed by atoms with Crippen LogP contribution in [0.4, 0.5) is 0 Å². The van der Waals surface area contributed by atoms with Crippen LogP contribution in [0, 0.1) is 5.41 Å². The molecule has 0 unspecified atom stereocenters. The van der Waals surface area contributed by atoms with Crippen molar-refractivity contribution in [3.63, 3.8) is 0 Å². The van der Waals surface area contributed by atoms with E-state index in [-0.39, 0.29) is 22.8 Å². The molecule has 3 fully saturated rings. The van der Waals surface area contributed by atoms with Gasteiger partial charge in [0, 0.05) is 16.1 Å². The molecule has 19 heavy (non-hydrogen) atoms. The second-order valence-electron chi connectivity index (χ2n) is 5.55. The second-order valence-corrected chi connectivity index (χ2v) is 5.98. The van der Waals surface area contributed by atoms with Crippen molar-refractivity contribution in [1.29, 1.82) is 0 Å². The fourth-order valence-corrected chi connectivity index (χ4v) is 3.49. The van der Waals surface area contributed by atoms with Crippen LogP contribution in [-0.2, 0) is 9.53 Å². The number of carbonyl (C=O) groups excluding carboxylic acids is 2. The Kier molecular flexibility index (Phi) is 2.61.